The third kappa shape index (κ3) is 10.0. The summed E-state index contributed by atoms with van der Waals surface area (Å²) < 4.78 is 63.2. The largest absolute Gasteiger partial charge is 0.504 e. The molecule has 0 unspecified atom stereocenters. The van der Waals surface area contributed by atoms with E-state index < -0.39 is 11.6 Å². The van der Waals surface area contributed by atoms with Crippen LogP contribution >= 0.6 is 31.9 Å². The van der Waals surface area contributed by atoms with Gasteiger partial charge in [0.2, 0.25) is 0 Å². The Kier molecular flexibility index (Phi) is 13.9. The van der Waals surface area contributed by atoms with Crippen molar-refractivity contribution in [2.45, 2.75) is 0 Å². The quantitative estimate of drug-likeness (QED) is 0.286. The van der Waals surface area contributed by atoms with Gasteiger partial charge in [-0.25, -0.2) is 13.2 Å². The van der Waals surface area contributed by atoms with E-state index in [1.165, 1.54) is 45.6 Å². The highest BCUT2D eigenvalue weighted by atomic mass is 79.9. The van der Waals surface area contributed by atoms with Crippen molar-refractivity contribution in [3.05, 3.63) is 68.9 Å². The van der Waals surface area contributed by atoms with Crippen LogP contribution in [-0.2, 0) is 4.74 Å². The Balaban J connectivity index is 0.000000277. The molecule has 0 amide bonds. The van der Waals surface area contributed by atoms with Crippen molar-refractivity contribution in [1.82, 2.24) is 0 Å². The van der Waals surface area contributed by atoms with Crippen molar-refractivity contribution in [3.8, 4) is 34.5 Å². The first-order chi connectivity index (χ1) is 17.1. The van der Waals surface area contributed by atoms with Crippen molar-refractivity contribution < 1.29 is 47.1 Å². The fraction of sp³-hybridized carbons (Fsp3) is 0.250. The van der Waals surface area contributed by atoms with E-state index in [0.717, 1.165) is 18.2 Å². The number of methoxy groups -OCH3 is 4. The number of hydrogen-bond acceptors (Lipinski definition) is 7. The van der Waals surface area contributed by atoms with Gasteiger partial charge < -0.3 is 33.9 Å². The van der Waals surface area contributed by atoms with Crippen LogP contribution in [-0.4, -0.2) is 51.9 Å². The minimum atomic E-state index is -0.459. The molecule has 0 aromatic heterocycles. The normalized spacial score (nSPS) is 9.81. The highest BCUT2D eigenvalue weighted by Gasteiger charge is 2.10. The summed E-state index contributed by atoms with van der Waals surface area (Å²) in [5.74, 6) is -0.259. The summed E-state index contributed by atoms with van der Waals surface area (Å²) >= 11 is 6.00. The van der Waals surface area contributed by atoms with Gasteiger partial charge in [0.15, 0.2) is 34.5 Å². The summed E-state index contributed by atoms with van der Waals surface area (Å²) in [6.07, 6.45) is 0. The molecule has 7 nitrogen and oxygen atoms in total. The van der Waals surface area contributed by atoms with Crippen LogP contribution in [0.3, 0.4) is 0 Å². The second kappa shape index (κ2) is 16.0. The molecule has 0 radical (unpaired) electrons. The van der Waals surface area contributed by atoms with Gasteiger partial charge in [0.1, 0.15) is 24.1 Å². The van der Waals surface area contributed by atoms with Gasteiger partial charge in [0, 0.05) is 37.4 Å². The molecule has 0 fully saturated rings. The minimum absolute atomic E-state index is 0.0519. The van der Waals surface area contributed by atoms with E-state index in [9.17, 15) is 13.2 Å². The minimum Gasteiger partial charge on any atom is -0.504 e. The lowest BCUT2D eigenvalue weighted by Gasteiger charge is -2.11. The molecule has 0 heterocycles. The van der Waals surface area contributed by atoms with Crippen LogP contribution in [0.25, 0.3) is 0 Å². The number of benzene rings is 3. The van der Waals surface area contributed by atoms with Gasteiger partial charge in [-0.05, 0) is 44.0 Å². The van der Waals surface area contributed by atoms with E-state index in [0.29, 0.717) is 29.2 Å². The monoisotopic (exact) mass is 640 g/mol. The van der Waals surface area contributed by atoms with E-state index in [-0.39, 0.29) is 33.3 Å². The van der Waals surface area contributed by atoms with Gasteiger partial charge in [-0.2, -0.15) is 0 Å². The van der Waals surface area contributed by atoms with Gasteiger partial charge in [-0.1, -0.05) is 0 Å². The topological polar surface area (TPSA) is 86.6 Å². The lowest BCUT2D eigenvalue weighted by Crippen LogP contribution is -2.05. The molecule has 3 aromatic carbocycles. The van der Waals surface area contributed by atoms with Crippen LogP contribution < -0.4 is 18.9 Å². The molecule has 2 N–H and O–H groups in total. The number of rotatable bonds is 7. The van der Waals surface area contributed by atoms with Crippen molar-refractivity contribution >= 4 is 31.9 Å². The molecule has 0 atom stereocenters. The van der Waals surface area contributed by atoms with Gasteiger partial charge in [-0.3, -0.25) is 0 Å². The predicted molar refractivity (Wildman–Crippen MR) is 135 cm³/mol. The maximum atomic E-state index is 13.1. The molecule has 0 spiro atoms. The number of ether oxygens (including phenoxy) is 5. The van der Waals surface area contributed by atoms with Gasteiger partial charge in [0.05, 0.1) is 36.9 Å². The van der Waals surface area contributed by atoms with Crippen LogP contribution in [0.2, 0.25) is 0 Å². The maximum Gasteiger partial charge on any atom is 0.163 e. The van der Waals surface area contributed by atoms with Crippen molar-refractivity contribution in [2.24, 2.45) is 0 Å². The summed E-state index contributed by atoms with van der Waals surface area (Å²) in [7, 11) is 5.78. The second-order valence-corrected chi connectivity index (χ2v) is 8.22. The van der Waals surface area contributed by atoms with Crippen LogP contribution in [0.5, 0.6) is 34.5 Å². The van der Waals surface area contributed by atoms with Crippen molar-refractivity contribution in [2.75, 3.05) is 41.7 Å². The Morgan fingerprint density at radius 1 is 0.639 bits per heavy atom. The number of hydrogen-bond donors (Lipinski definition) is 2. The number of aromatic hydroxyl groups is 2. The van der Waals surface area contributed by atoms with Gasteiger partial charge in [-0.15, -0.1) is 0 Å². The molecule has 3 rings (SSSR count). The molecule has 12 heteroatoms. The molecule has 0 saturated heterocycles. The van der Waals surface area contributed by atoms with Crippen LogP contribution in [0.4, 0.5) is 13.2 Å². The zero-order valence-corrected chi connectivity index (χ0v) is 23.0. The molecule has 3 aromatic rings. The molecule has 0 aliphatic carbocycles. The summed E-state index contributed by atoms with van der Waals surface area (Å²) in [6.45, 7) is 0.864. The lowest BCUT2D eigenvalue weighted by atomic mass is 10.3. The van der Waals surface area contributed by atoms with Crippen molar-refractivity contribution in [1.29, 1.82) is 0 Å². The zero-order valence-electron chi connectivity index (χ0n) is 19.8. The Morgan fingerprint density at radius 3 is 1.69 bits per heavy atom. The standard InChI is InChI=1S/C10H12BrFO3.C7H6BrFO2.C7H7FO2/c1-13-3-4-15-10-5-7(11)8(12)6-9(10)14-2;1-11-7-3-5(9)4(8)2-6(7)10;1-10-7-4-5(8)2-3-6(7)9/h5-6H,3-4H2,1-2H3;2-3,10H,1H3;2-4,9H,1H3. The Morgan fingerprint density at radius 2 is 1.17 bits per heavy atom. The highest BCUT2D eigenvalue weighted by Crippen LogP contribution is 2.33. The third-order valence-corrected chi connectivity index (χ3v) is 5.33. The smallest absolute Gasteiger partial charge is 0.163 e. The molecule has 198 valence electrons. The average molecular weight is 642 g/mol. The number of halogens is 5. The van der Waals surface area contributed by atoms with E-state index in [2.05, 4.69) is 41.3 Å². The fourth-order valence-electron chi connectivity index (χ4n) is 2.35. The summed E-state index contributed by atoms with van der Waals surface area (Å²) in [5, 5.41) is 18.0. The average Bonchev–Trinajstić information content (AvgIpc) is 2.85. The highest BCUT2D eigenvalue weighted by molar-refractivity contribution is 9.10. The van der Waals surface area contributed by atoms with Crippen LogP contribution in [0, 0.1) is 17.5 Å². The number of phenols is 2. The van der Waals surface area contributed by atoms with Crippen LogP contribution in [0.15, 0.2) is 51.4 Å². The molecular weight excluding hydrogens is 617 g/mol. The molecule has 0 saturated carbocycles. The molecule has 0 aliphatic rings. The third-order valence-electron chi connectivity index (χ3n) is 4.12. The van der Waals surface area contributed by atoms with E-state index in [1.807, 2.05) is 0 Å². The first kappa shape index (κ1) is 31.2. The maximum absolute atomic E-state index is 13.1. The SMILES string of the molecule is COCCOc1cc(Br)c(F)cc1OC.COc1cc(F)c(Br)cc1O.COc1cc(F)ccc1O. The first-order valence-electron chi connectivity index (χ1n) is 9.97. The number of phenolic OH excluding ortho intramolecular Hbond substituents is 2. The fourth-order valence-corrected chi connectivity index (χ4v) is 3.00. The summed E-state index contributed by atoms with van der Waals surface area (Å²) in [4.78, 5) is 0. The molecule has 36 heavy (non-hydrogen) atoms. The van der Waals surface area contributed by atoms with E-state index >= 15 is 0 Å². The predicted octanol–water partition coefficient (Wildman–Crippen LogP) is 6.46. The van der Waals surface area contributed by atoms with Gasteiger partial charge >= 0.3 is 0 Å². The first-order valence-corrected chi connectivity index (χ1v) is 11.6. The van der Waals surface area contributed by atoms with E-state index in [1.54, 1.807) is 7.11 Å². The Bertz CT molecular complexity index is 1120. The Hall–Kier alpha value is -2.83. The Labute approximate surface area is 223 Å². The lowest BCUT2D eigenvalue weighted by molar-refractivity contribution is 0.144. The molecule has 0 bridgehead atoms. The van der Waals surface area contributed by atoms with Gasteiger partial charge in [0.25, 0.3) is 0 Å². The van der Waals surface area contributed by atoms with Crippen LogP contribution in [0.1, 0.15) is 0 Å². The summed E-state index contributed by atoms with van der Waals surface area (Å²) in [6, 6.07) is 8.69. The molecular formula is C24H25Br2F3O7. The summed E-state index contributed by atoms with van der Waals surface area (Å²) in [5.41, 5.74) is 0. The van der Waals surface area contributed by atoms with Crippen molar-refractivity contribution in [3.63, 3.8) is 0 Å². The zero-order chi connectivity index (χ0) is 27.3. The molecule has 0 aliphatic heterocycles. The van der Waals surface area contributed by atoms with E-state index in [4.69, 9.17) is 24.4 Å². The second-order valence-electron chi connectivity index (χ2n) is 6.51.